The lowest BCUT2D eigenvalue weighted by molar-refractivity contribution is -0.143. The van der Waals surface area contributed by atoms with Crippen LogP contribution in [0.1, 0.15) is 23.9 Å². The fourth-order valence-corrected chi connectivity index (χ4v) is 2.03. The smallest absolute Gasteiger partial charge is 0.320 e. The van der Waals surface area contributed by atoms with E-state index in [2.05, 4.69) is 11.1 Å². The first-order valence-corrected chi connectivity index (χ1v) is 5.50. The van der Waals surface area contributed by atoms with E-state index in [1.54, 1.807) is 6.92 Å². The van der Waals surface area contributed by atoms with Gasteiger partial charge in [0.05, 0.1) is 0 Å². The average molecular weight is 220 g/mol. The first kappa shape index (κ1) is 11.1. The zero-order valence-electron chi connectivity index (χ0n) is 9.60. The highest BCUT2D eigenvalue weighted by molar-refractivity contribution is 5.72. The summed E-state index contributed by atoms with van der Waals surface area (Å²) >= 11 is 0. The summed E-state index contributed by atoms with van der Waals surface area (Å²) in [6.45, 7) is 5.18. The Hall–Kier alpha value is -1.42. The number of pyridine rings is 1. The van der Waals surface area contributed by atoms with Crippen molar-refractivity contribution in [2.45, 2.75) is 32.9 Å². The predicted octanol–water partition coefficient (Wildman–Crippen LogP) is 1.22. The minimum Gasteiger partial charge on any atom is -0.480 e. The van der Waals surface area contributed by atoms with Gasteiger partial charge in [-0.05, 0) is 25.5 Å². The third kappa shape index (κ3) is 2.07. The molecule has 0 bridgehead atoms. The minimum absolute atomic E-state index is 0.422. The summed E-state index contributed by atoms with van der Waals surface area (Å²) in [6, 6.07) is 3.61. The number of carboxylic acid groups (broad SMARTS) is 1. The number of fused-ring (bicyclic) bond motifs is 1. The lowest BCUT2D eigenvalue weighted by Crippen LogP contribution is -2.42. The van der Waals surface area contributed by atoms with Crippen molar-refractivity contribution in [3.8, 4) is 0 Å². The van der Waals surface area contributed by atoms with Crippen molar-refractivity contribution in [1.82, 2.24) is 9.88 Å². The molecule has 1 aliphatic heterocycles. The number of aromatic nitrogens is 1. The van der Waals surface area contributed by atoms with Gasteiger partial charge in [0.2, 0.25) is 0 Å². The van der Waals surface area contributed by atoms with E-state index in [1.807, 2.05) is 17.9 Å². The van der Waals surface area contributed by atoms with Crippen molar-refractivity contribution in [3.05, 3.63) is 29.1 Å². The number of carboxylic acids is 1. The van der Waals surface area contributed by atoms with Gasteiger partial charge in [-0.2, -0.15) is 0 Å². The number of hydrogen-bond acceptors (Lipinski definition) is 3. The summed E-state index contributed by atoms with van der Waals surface area (Å²) < 4.78 is 0. The Morgan fingerprint density at radius 3 is 3.00 bits per heavy atom. The molecule has 4 nitrogen and oxygen atoms in total. The first-order chi connectivity index (χ1) is 7.58. The summed E-state index contributed by atoms with van der Waals surface area (Å²) in [4.78, 5) is 17.4. The molecular formula is C12H16N2O2. The fraction of sp³-hybridized carbons (Fsp3) is 0.500. The summed E-state index contributed by atoms with van der Waals surface area (Å²) in [5, 5.41) is 8.97. The van der Waals surface area contributed by atoms with Gasteiger partial charge in [0.25, 0.3) is 0 Å². The van der Waals surface area contributed by atoms with Crippen LogP contribution in [-0.2, 0) is 17.8 Å². The van der Waals surface area contributed by atoms with Crippen LogP contribution in [0.4, 0.5) is 0 Å². The van der Waals surface area contributed by atoms with Crippen LogP contribution in [0.2, 0.25) is 0 Å². The molecule has 4 heteroatoms. The van der Waals surface area contributed by atoms with Crippen LogP contribution < -0.4 is 0 Å². The Kier molecular flexibility index (Phi) is 2.92. The Labute approximate surface area is 94.9 Å². The van der Waals surface area contributed by atoms with E-state index < -0.39 is 12.0 Å². The van der Waals surface area contributed by atoms with Crippen LogP contribution in [0.25, 0.3) is 0 Å². The summed E-state index contributed by atoms with van der Waals surface area (Å²) in [7, 11) is 0. The molecule has 0 saturated carbocycles. The van der Waals surface area contributed by atoms with E-state index in [1.165, 1.54) is 0 Å². The molecule has 1 N–H and O–H groups in total. The summed E-state index contributed by atoms with van der Waals surface area (Å²) in [5.41, 5.74) is 3.30. The van der Waals surface area contributed by atoms with Crippen LogP contribution in [0.15, 0.2) is 12.1 Å². The predicted molar refractivity (Wildman–Crippen MR) is 60.2 cm³/mol. The maximum atomic E-state index is 10.9. The van der Waals surface area contributed by atoms with Crippen molar-refractivity contribution >= 4 is 5.97 Å². The van der Waals surface area contributed by atoms with Crippen LogP contribution in [0, 0.1) is 6.92 Å². The Balaban J connectivity index is 2.18. The molecule has 0 aromatic carbocycles. The van der Waals surface area contributed by atoms with E-state index in [4.69, 9.17) is 5.11 Å². The zero-order chi connectivity index (χ0) is 11.7. The van der Waals surface area contributed by atoms with Gasteiger partial charge in [-0.25, -0.2) is 0 Å². The van der Waals surface area contributed by atoms with Crippen LogP contribution in [0.5, 0.6) is 0 Å². The minimum atomic E-state index is -0.761. The Morgan fingerprint density at radius 1 is 1.56 bits per heavy atom. The lowest BCUT2D eigenvalue weighted by Gasteiger charge is -2.31. The number of carbonyl (C=O) groups is 1. The van der Waals surface area contributed by atoms with Gasteiger partial charge < -0.3 is 5.11 Å². The molecule has 0 amide bonds. The van der Waals surface area contributed by atoms with Gasteiger partial charge in [0, 0.05) is 30.9 Å². The number of rotatable bonds is 2. The molecule has 0 saturated heterocycles. The van der Waals surface area contributed by atoms with Crippen molar-refractivity contribution in [2.75, 3.05) is 6.54 Å². The molecule has 86 valence electrons. The van der Waals surface area contributed by atoms with Crippen molar-refractivity contribution in [1.29, 1.82) is 0 Å². The molecule has 16 heavy (non-hydrogen) atoms. The molecule has 0 radical (unpaired) electrons. The van der Waals surface area contributed by atoms with Gasteiger partial charge in [-0.1, -0.05) is 6.07 Å². The number of aliphatic carboxylic acids is 1. The highest BCUT2D eigenvalue weighted by Crippen LogP contribution is 2.19. The topological polar surface area (TPSA) is 53.4 Å². The molecule has 1 aromatic rings. The highest BCUT2D eigenvalue weighted by atomic mass is 16.4. The molecule has 1 aromatic heterocycles. The standard InChI is InChI=1S/C12H16N2O2/c1-8-3-4-10-7-14(9(2)12(15)16)6-5-11(10)13-8/h3-4,9H,5-7H2,1-2H3,(H,15,16). The molecule has 0 fully saturated rings. The van der Waals surface area contributed by atoms with Gasteiger partial charge in [0.15, 0.2) is 0 Å². The van der Waals surface area contributed by atoms with Crippen LogP contribution in [-0.4, -0.2) is 33.5 Å². The molecule has 1 aliphatic rings. The maximum absolute atomic E-state index is 10.9. The Bertz CT molecular complexity index is 417. The van der Waals surface area contributed by atoms with E-state index >= 15 is 0 Å². The highest BCUT2D eigenvalue weighted by Gasteiger charge is 2.25. The second-order valence-corrected chi connectivity index (χ2v) is 4.29. The van der Waals surface area contributed by atoms with Gasteiger partial charge in [-0.15, -0.1) is 0 Å². The van der Waals surface area contributed by atoms with E-state index in [0.29, 0.717) is 6.54 Å². The maximum Gasteiger partial charge on any atom is 0.320 e. The molecule has 2 rings (SSSR count). The van der Waals surface area contributed by atoms with Crippen molar-refractivity contribution in [2.24, 2.45) is 0 Å². The van der Waals surface area contributed by atoms with Crippen LogP contribution in [0.3, 0.4) is 0 Å². The largest absolute Gasteiger partial charge is 0.480 e. The normalized spacial score (nSPS) is 17.9. The van der Waals surface area contributed by atoms with E-state index in [9.17, 15) is 4.79 Å². The molecule has 1 unspecified atom stereocenters. The summed E-state index contributed by atoms with van der Waals surface area (Å²) in [5.74, 6) is -0.761. The van der Waals surface area contributed by atoms with Gasteiger partial charge in [-0.3, -0.25) is 14.7 Å². The molecule has 2 heterocycles. The molecule has 0 spiro atoms. The monoisotopic (exact) mass is 220 g/mol. The number of nitrogens with zero attached hydrogens (tertiary/aromatic N) is 2. The zero-order valence-corrected chi connectivity index (χ0v) is 9.60. The van der Waals surface area contributed by atoms with E-state index in [0.717, 1.165) is 29.9 Å². The Morgan fingerprint density at radius 2 is 2.31 bits per heavy atom. The van der Waals surface area contributed by atoms with Crippen LogP contribution >= 0.6 is 0 Å². The second-order valence-electron chi connectivity index (χ2n) is 4.29. The van der Waals surface area contributed by atoms with Crippen molar-refractivity contribution < 1.29 is 9.90 Å². The van der Waals surface area contributed by atoms with Crippen molar-refractivity contribution in [3.63, 3.8) is 0 Å². The third-order valence-corrected chi connectivity index (χ3v) is 3.12. The lowest BCUT2D eigenvalue weighted by atomic mass is 10.0. The molecule has 1 atom stereocenters. The number of aryl methyl sites for hydroxylation is 1. The first-order valence-electron chi connectivity index (χ1n) is 5.50. The number of hydrogen-bond donors (Lipinski definition) is 1. The van der Waals surface area contributed by atoms with E-state index in [-0.39, 0.29) is 0 Å². The quantitative estimate of drug-likeness (QED) is 0.814. The second kappa shape index (κ2) is 4.22. The molecule has 0 aliphatic carbocycles. The third-order valence-electron chi connectivity index (χ3n) is 3.12. The SMILES string of the molecule is Cc1ccc2c(n1)CCN(C(C)C(=O)O)C2. The van der Waals surface area contributed by atoms with Gasteiger partial charge in [0.1, 0.15) is 6.04 Å². The molecular weight excluding hydrogens is 204 g/mol. The average Bonchev–Trinajstić information content (AvgIpc) is 2.27. The fourth-order valence-electron chi connectivity index (χ4n) is 2.03. The summed E-state index contributed by atoms with van der Waals surface area (Å²) in [6.07, 6.45) is 0.842. The van der Waals surface area contributed by atoms with Gasteiger partial charge >= 0.3 is 5.97 Å².